The van der Waals surface area contributed by atoms with Gasteiger partial charge in [-0.25, -0.2) is 0 Å². The quantitative estimate of drug-likeness (QED) is 0.710. The predicted molar refractivity (Wildman–Crippen MR) is 103 cm³/mol. The highest BCUT2D eigenvalue weighted by molar-refractivity contribution is 6.31. The van der Waals surface area contributed by atoms with Gasteiger partial charge in [-0.3, -0.25) is 14.6 Å². The lowest BCUT2D eigenvalue weighted by molar-refractivity contribution is 0.0941. The molecular formula is C20H18ClN3O3. The normalized spacial score (nSPS) is 10.4. The molecule has 1 amide bonds. The monoisotopic (exact) mass is 383 g/mol. The summed E-state index contributed by atoms with van der Waals surface area (Å²) in [6.07, 6.45) is 4.83. The van der Waals surface area contributed by atoms with Crippen molar-refractivity contribution in [2.45, 2.75) is 13.2 Å². The van der Waals surface area contributed by atoms with E-state index in [4.69, 9.17) is 16.3 Å². The smallest absolute Gasteiger partial charge is 0.268 e. The Morgan fingerprint density at radius 3 is 2.81 bits per heavy atom. The second-order valence-electron chi connectivity index (χ2n) is 5.92. The molecule has 0 fully saturated rings. The summed E-state index contributed by atoms with van der Waals surface area (Å²) in [6.45, 7) is 0.493. The average Bonchev–Trinajstić information content (AvgIpc) is 2.68. The first-order valence-electron chi connectivity index (χ1n) is 8.28. The number of aryl methyl sites for hydroxylation is 1. The summed E-state index contributed by atoms with van der Waals surface area (Å²) < 4.78 is 7.15. The standard InChI is InChI=1S/C20H18ClN3O3/c1-24-12-19(27-13-15-6-2-3-7-16(15)21)18(25)9-17(24)20(26)23-11-14-5-4-8-22-10-14/h2-10,12H,11,13H2,1H3,(H,23,26). The first-order chi connectivity index (χ1) is 13.0. The third-order valence-corrected chi connectivity index (χ3v) is 4.32. The minimum atomic E-state index is -0.369. The number of rotatable bonds is 6. The van der Waals surface area contributed by atoms with E-state index in [0.29, 0.717) is 11.6 Å². The van der Waals surface area contributed by atoms with E-state index in [0.717, 1.165) is 11.1 Å². The molecule has 2 aromatic heterocycles. The molecule has 0 aliphatic heterocycles. The molecule has 3 rings (SSSR count). The van der Waals surface area contributed by atoms with Crippen LogP contribution >= 0.6 is 11.6 Å². The molecule has 0 atom stereocenters. The van der Waals surface area contributed by atoms with Crippen molar-refractivity contribution in [2.75, 3.05) is 0 Å². The number of ether oxygens (including phenoxy) is 1. The number of carbonyl (C=O) groups excluding carboxylic acids is 1. The highest BCUT2D eigenvalue weighted by Crippen LogP contribution is 2.17. The van der Waals surface area contributed by atoms with Crippen LogP contribution in [-0.4, -0.2) is 15.5 Å². The Balaban J connectivity index is 1.69. The van der Waals surface area contributed by atoms with Crippen LogP contribution < -0.4 is 15.5 Å². The molecule has 27 heavy (non-hydrogen) atoms. The number of carbonyl (C=O) groups is 1. The van der Waals surface area contributed by atoms with Gasteiger partial charge in [-0.2, -0.15) is 0 Å². The Hall–Kier alpha value is -3.12. The number of nitrogens with one attached hydrogen (secondary N) is 1. The van der Waals surface area contributed by atoms with E-state index in [-0.39, 0.29) is 29.4 Å². The Morgan fingerprint density at radius 1 is 1.26 bits per heavy atom. The summed E-state index contributed by atoms with van der Waals surface area (Å²) in [7, 11) is 1.68. The van der Waals surface area contributed by atoms with Crippen LogP contribution in [0.2, 0.25) is 5.02 Å². The second kappa shape index (κ2) is 8.51. The van der Waals surface area contributed by atoms with Gasteiger partial charge in [-0.1, -0.05) is 35.9 Å². The molecule has 138 valence electrons. The van der Waals surface area contributed by atoms with Crippen molar-refractivity contribution >= 4 is 17.5 Å². The van der Waals surface area contributed by atoms with Gasteiger partial charge < -0.3 is 14.6 Å². The Kier molecular flexibility index (Phi) is 5.88. The van der Waals surface area contributed by atoms with E-state index in [1.54, 1.807) is 36.1 Å². The molecule has 1 aromatic carbocycles. The third-order valence-electron chi connectivity index (χ3n) is 3.95. The number of hydrogen-bond acceptors (Lipinski definition) is 4. The Morgan fingerprint density at radius 2 is 2.07 bits per heavy atom. The summed E-state index contributed by atoms with van der Waals surface area (Å²) in [5.41, 5.74) is 1.52. The average molecular weight is 384 g/mol. The zero-order valence-corrected chi connectivity index (χ0v) is 15.4. The van der Waals surface area contributed by atoms with E-state index in [1.807, 2.05) is 24.3 Å². The number of benzene rings is 1. The first kappa shape index (κ1) is 18.7. The van der Waals surface area contributed by atoms with Crippen molar-refractivity contribution < 1.29 is 9.53 Å². The maximum atomic E-state index is 12.4. The molecule has 3 aromatic rings. The maximum absolute atomic E-state index is 12.4. The van der Waals surface area contributed by atoms with Crippen LogP contribution in [0.1, 0.15) is 21.6 Å². The van der Waals surface area contributed by atoms with Gasteiger partial charge in [0.25, 0.3) is 5.91 Å². The van der Waals surface area contributed by atoms with E-state index >= 15 is 0 Å². The van der Waals surface area contributed by atoms with E-state index in [2.05, 4.69) is 10.3 Å². The molecular weight excluding hydrogens is 366 g/mol. The zero-order valence-electron chi connectivity index (χ0n) is 14.7. The van der Waals surface area contributed by atoms with Crippen molar-refractivity contribution in [1.82, 2.24) is 14.9 Å². The topological polar surface area (TPSA) is 73.2 Å². The molecule has 0 unspecified atom stereocenters. The van der Waals surface area contributed by atoms with Crippen LogP contribution in [0.25, 0.3) is 0 Å². The maximum Gasteiger partial charge on any atom is 0.268 e. The lowest BCUT2D eigenvalue weighted by Crippen LogP contribution is -2.27. The van der Waals surface area contributed by atoms with Crippen LogP contribution in [0.3, 0.4) is 0 Å². The highest BCUT2D eigenvalue weighted by Gasteiger charge is 2.13. The molecule has 0 aliphatic rings. The zero-order chi connectivity index (χ0) is 19.2. The highest BCUT2D eigenvalue weighted by atomic mass is 35.5. The summed E-state index contributed by atoms with van der Waals surface area (Å²) >= 11 is 6.09. The molecule has 0 aliphatic carbocycles. The lowest BCUT2D eigenvalue weighted by Gasteiger charge is -2.12. The number of nitrogens with zero attached hydrogens (tertiary/aromatic N) is 2. The largest absolute Gasteiger partial charge is 0.483 e. The van der Waals surface area contributed by atoms with E-state index < -0.39 is 0 Å². The molecule has 1 N–H and O–H groups in total. The number of hydrogen-bond donors (Lipinski definition) is 1. The minimum Gasteiger partial charge on any atom is -0.483 e. The molecule has 0 saturated heterocycles. The summed E-state index contributed by atoms with van der Waals surface area (Å²) in [5.74, 6) is -0.197. The molecule has 0 saturated carbocycles. The Bertz CT molecular complexity index is 1000. The second-order valence-corrected chi connectivity index (χ2v) is 6.33. The number of amides is 1. The minimum absolute atomic E-state index is 0.154. The van der Waals surface area contributed by atoms with E-state index in [1.165, 1.54) is 12.3 Å². The van der Waals surface area contributed by atoms with Gasteiger partial charge in [-0.05, 0) is 17.7 Å². The molecule has 0 spiro atoms. The molecule has 0 bridgehead atoms. The fourth-order valence-corrected chi connectivity index (χ4v) is 2.68. The summed E-state index contributed by atoms with van der Waals surface area (Å²) in [4.78, 5) is 28.7. The van der Waals surface area contributed by atoms with Gasteiger partial charge >= 0.3 is 0 Å². The Labute approximate surface area is 161 Å². The van der Waals surface area contributed by atoms with Gasteiger partial charge in [0.15, 0.2) is 5.75 Å². The third kappa shape index (κ3) is 4.74. The first-order valence-corrected chi connectivity index (χ1v) is 8.66. The van der Waals surface area contributed by atoms with Crippen molar-refractivity contribution in [3.63, 3.8) is 0 Å². The predicted octanol–water partition coefficient (Wildman–Crippen LogP) is 2.94. The lowest BCUT2D eigenvalue weighted by atomic mass is 10.2. The summed E-state index contributed by atoms with van der Waals surface area (Å²) in [6, 6.07) is 12.2. The van der Waals surface area contributed by atoms with Crippen LogP contribution in [0.5, 0.6) is 5.75 Å². The van der Waals surface area contributed by atoms with Crippen molar-refractivity contribution in [3.8, 4) is 5.75 Å². The number of pyridine rings is 2. The molecule has 6 nitrogen and oxygen atoms in total. The molecule has 0 radical (unpaired) electrons. The van der Waals surface area contributed by atoms with Gasteiger partial charge in [0.05, 0.1) is 6.20 Å². The van der Waals surface area contributed by atoms with Crippen molar-refractivity contribution in [1.29, 1.82) is 0 Å². The van der Waals surface area contributed by atoms with Crippen molar-refractivity contribution in [2.24, 2.45) is 7.05 Å². The number of aromatic nitrogens is 2. The van der Waals surface area contributed by atoms with Gasteiger partial charge in [0.2, 0.25) is 5.43 Å². The molecule has 2 heterocycles. The van der Waals surface area contributed by atoms with Crippen molar-refractivity contribution in [3.05, 3.63) is 93.1 Å². The van der Waals surface area contributed by atoms with Gasteiger partial charge in [0, 0.05) is 42.6 Å². The summed E-state index contributed by atoms with van der Waals surface area (Å²) in [5, 5.41) is 3.34. The van der Waals surface area contributed by atoms with E-state index in [9.17, 15) is 9.59 Å². The van der Waals surface area contributed by atoms with Gasteiger partial charge in [-0.15, -0.1) is 0 Å². The molecule has 7 heteroatoms. The van der Waals surface area contributed by atoms with Gasteiger partial charge in [0.1, 0.15) is 12.3 Å². The number of halogens is 1. The van der Waals surface area contributed by atoms with Crippen LogP contribution in [0, 0.1) is 0 Å². The SMILES string of the molecule is Cn1cc(OCc2ccccc2Cl)c(=O)cc1C(=O)NCc1cccnc1. The fourth-order valence-electron chi connectivity index (χ4n) is 2.49. The van der Waals surface area contributed by atoms with Crippen LogP contribution in [0.4, 0.5) is 0 Å². The van der Waals surface area contributed by atoms with Crippen LogP contribution in [0.15, 0.2) is 65.8 Å². The van der Waals surface area contributed by atoms with Crippen LogP contribution in [-0.2, 0) is 20.2 Å². The fraction of sp³-hybridized carbons (Fsp3) is 0.150.